The number of aliphatic hydroxyl groups is 1. The first-order valence-corrected chi connectivity index (χ1v) is 18.2. The topological polar surface area (TPSA) is 116 Å². The van der Waals surface area contributed by atoms with Crippen LogP contribution in [0, 0.1) is 0 Å². The molecule has 1 fully saturated rings. The first kappa shape index (κ1) is 37.0. The normalized spacial score (nSPS) is 22.1. The van der Waals surface area contributed by atoms with Gasteiger partial charge < -0.3 is 23.9 Å². The van der Waals surface area contributed by atoms with E-state index in [2.05, 4.69) is 9.97 Å². The number of imide groups is 1. The average molecular weight is 805 g/mol. The number of carbonyl (C=O) groups excluding carboxylic acids is 2. The van der Waals surface area contributed by atoms with E-state index in [-0.39, 0.29) is 43.2 Å². The smallest absolute Gasteiger partial charge is 0.261 e. The molecule has 1 unspecified atom stereocenters. The molecule has 2 amide bonds. The molecule has 10 nitrogen and oxygen atoms in total. The van der Waals surface area contributed by atoms with E-state index in [1.165, 1.54) is 11.2 Å². The van der Waals surface area contributed by atoms with Crippen molar-refractivity contribution in [1.29, 1.82) is 0 Å². The lowest BCUT2D eigenvalue weighted by molar-refractivity contribution is -0.114. The van der Waals surface area contributed by atoms with Gasteiger partial charge in [0.15, 0.2) is 6.23 Å². The Morgan fingerprint density at radius 1 is 0.885 bits per heavy atom. The maximum absolute atomic E-state index is 13.3. The second-order valence-corrected chi connectivity index (χ2v) is 15.0. The molecule has 0 saturated carbocycles. The molecule has 0 spiro atoms. The van der Waals surface area contributed by atoms with Gasteiger partial charge in [-0.2, -0.15) is 0 Å². The van der Waals surface area contributed by atoms with Crippen LogP contribution in [-0.2, 0) is 33.8 Å². The molecule has 52 heavy (non-hydrogen) atoms. The minimum atomic E-state index is -1.67. The largest absolute Gasteiger partial charge is 0.383 e. The average Bonchev–Trinajstić information content (AvgIpc) is 3.68. The lowest BCUT2D eigenvalue weighted by Crippen LogP contribution is -2.46. The summed E-state index contributed by atoms with van der Waals surface area (Å²) in [4.78, 5) is 36.6. The van der Waals surface area contributed by atoms with Gasteiger partial charge in [0.25, 0.3) is 11.8 Å². The molecule has 15 heteroatoms. The van der Waals surface area contributed by atoms with E-state index in [4.69, 9.17) is 72.2 Å². The van der Waals surface area contributed by atoms with Gasteiger partial charge in [0.05, 0.1) is 36.3 Å². The van der Waals surface area contributed by atoms with Gasteiger partial charge in [-0.25, -0.2) is 9.97 Å². The number of amides is 2. The molecule has 270 valence electrons. The zero-order valence-electron chi connectivity index (χ0n) is 27.7. The van der Waals surface area contributed by atoms with Gasteiger partial charge >= 0.3 is 0 Å². The molecular formula is C37H31Cl5N4O6. The number of hydrogen-bond donors (Lipinski definition) is 1. The number of benzene rings is 3. The maximum atomic E-state index is 13.3. The number of nitrogens with zero attached hydrogens (tertiary/aromatic N) is 4. The van der Waals surface area contributed by atoms with E-state index < -0.39 is 30.1 Å². The summed E-state index contributed by atoms with van der Waals surface area (Å²) < 4.78 is 20.7. The number of halogens is 5. The van der Waals surface area contributed by atoms with Gasteiger partial charge in [0.2, 0.25) is 0 Å². The highest BCUT2D eigenvalue weighted by Gasteiger charge is 2.55. The first-order valence-electron chi connectivity index (χ1n) is 16.3. The van der Waals surface area contributed by atoms with Crippen LogP contribution in [0.5, 0.6) is 0 Å². The fraction of sp³-hybridized carbons (Fsp3) is 0.297. The fourth-order valence-corrected chi connectivity index (χ4v) is 8.03. The number of hydrogen-bond acceptors (Lipinski definition) is 8. The Bertz CT molecular complexity index is 2160. The zero-order chi connectivity index (χ0) is 36.9. The van der Waals surface area contributed by atoms with Crippen molar-refractivity contribution in [3.63, 3.8) is 0 Å². The van der Waals surface area contributed by atoms with E-state index >= 15 is 0 Å². The summed E-state index contributed by atoms with van der Waals surface area (Å²) in [7, 11) is 0. The molecule has 0 bridgehead atoms. The van der Waals surface area contributed by atoms with Crippen LogP contribution in [0.1, 0.15) is 57.5 Å². The highest BCUT2D eigenvalue weighted by molar-refractivity contribution is 6.36. The van der Waals surface area contributed by atoms with Crippen LogP contribution in [0.3, 0.4) is 0 Å². The number of ether oxygens (including phenoxy) is 3. The lowest BCUT2D eigenvalue weighted by Gasteiger charge is -2.31. The third kappa shape index (κ3) is 6.93. The van der Waals surface area contributed by atoms with Crippen molar-refractivity contribution in [2.24, 2.45) is 0 Å². The van der Waals surface area contributed by atoms with Crippen molar-refractivity contribution in [3.05, 3.63) is 126 Å². The Morgan fingerprint density at radius 2 is 1.50 bits per heavy atom. The van der Waals surface area contributed by atoms with Gasteiger partial charge in [-0.05, 0) is 73.4 Å². The summed E-state index contributed by atoms with van der Waals surface area (Å²) in [5.41, 5.74) is 1.45. The van der Waals surface area contributed by atoms with Gasteiger partial charge in [-0.15, -0.1) is 0 Å². The fourth-order valence-electron chi connectivity index (χ4n) is 6.86. The SMILES string of the molecule is CC(Cc1cn([C@@H]2O[C@H](COCc3ccc(Cl)cc3Cl)[C@@H](OCc3ccc(Cl)cc3Cl)[C@@]2(C)O)c2ncnc(Cl)c12)N1C(=O)c2ccccc2C1=O. The van der Waals surface area contributed by atoms with Crippen LogP contribution in [0.25, 0.3) is 11.0 Å². The van der Waals surface area contributed by atoms with Crippen LogP contribution < -0.4 is 0 Å². The van der Waals surface area contributed by atoms with Crippen LogP contribution in [-0.4, -0.2) is 66.8 Å². The molecule has 2 aromatic heterocycles. The molecule has 0 aliphatic carbocycles. The van der Waals surface area contributed by atoms with Crippen molar-refractivity contribution in [2.75, 3.05) is 6.61 Å². The van der Waals surface area contributed by atoms with E-state index in [0.29, 0.717) is 53.4 Å². The van der Waals surface area contributed by atoms with Crippen LogP contribution in [0.2, 0.25) is 25.2 Å². The highest BCUT2D eigenvalue weighted by Crippen LogP contribution is 2.44. The summed E-state index contributed by atoms with van der Waals surface area (Å²) in [5.74, 6) is -0.741. The Hall–Kier alpha value is -3.29. The Kier molecular flexibility index (Phi) is 10.6. The van der Waals surface area contributed by atoms with Gasteiger partial charge in [0.1, 0.15) is 34.9 Å². The predicted molar refractivity (Wildman–Crippen MR) is 198 cm³/mol. The second kappa shape index (κ2) is 14.9. The molecule has 5 aromatic rings. The standard InChI is InChI=1S/C37H31Cl5N4O6/c1-19(46-34(47)25-5-3-4-6-26(25)35(46)48)11-22-14-45(33-30(22)32(42)43-18-44-33)36-37(2,49)31(51-16-21-8-10-24(39)13-28(21)41)29(52-36)17-50-15-20-7-9-23(38)12-27(20)40/h3-10,12-14,18-19,29,31,36,49H,11,15-17H2,1-2H3/t19?,29-,31-,36-,37-/m1/s1. The zero-order valence-corrected chi connectivity index (χ0v) is 31.5. The summed E-state index contributed by atoms with van der Waals surface area (Å²) in [6.07, 6.45) is 0.522. The summed E-state index contributed by atoms with van der Waals surface area (Å²) in [6, 6.07) is 16.4. The predicted octanol–water partition coefficient (Wildman–Crippen LogP) is 8.38. The third-order valence-electron chi connectivity index (χ3n) is 9.38. The van der Waals surface area contributed by atoms with Crippen LogP contribution >= 0.6 is 58.0 Å². The molecule has 3 aromatic carbocycles. The third-order valence-corrected chi connectivity index (χ3v) is 10.8. The molecule has 4 heterocycles. The van der Waals surface area contributed by atoms with Crippen molar-refractivity contribution < 1.29 is 28.9 Å². The first-order chi connectivity index (χ1) is 24.8. The molecule has 1 saturated heterocycles. The van der Waals surface area contributed by atoms with Gasteiger partial charge in [-0.3, -0.25) is 14.5 Å². The summed E-state index contributed by atoms with van der Waals surface area (Å²) in [6.45, 7) is 3.60. The molecule has 7 rings (SSSR count). The maximum Gasteiger partial charge on any atom is 0.261 e. The second-order valence-electron chi connectivity index (χ2n) is 13.0. The molecule has 5 atom stereocenters. The molecule has 0 radical (unpaired) electrons. The van der Waals surface area contributed by atoms with E-state index in [1.54, 1.807) is 85.3 Å². The quantitative estimate of drug-likeness (QED) is 0.105. The molecule has 2 aliphatic rings. The minimum absolute atomic E-state index is 0.0171. The highest BCUT2D eigenvalue weighted by atomic mass is 35.5. The molecular weight excluding hydrogens is 774 g/mol. The van der Waals surface area contributed by atoms with Crippen molar-refractivity contribution in [2.45, 2.75) is 63.6 Å². The van der Waals surface area contributed by atoms with Crippen molar-refractivity contribution in [1.82, 2.24) is 19.4 Å². The number of fused-ring (bicyclic) bond motifs is 2. The molecule has 2 aliphatic heterocycles. The van der Waals surface area contributed by atoms with Crippen LogP contribution in [0.15, 0.2) is 73.2 Å². The number of aromatic nitrogens is 3. The van der Waals surface area contributed by atoms with E-state index in [1.807, 2.05) is 0 Å². The van der Waals surface area contributed by atoms with Crippen molar-refractivity contribution >= 4 is 80.9 Å². The van der Waals surface area contributed by atoms with Gasteiger partial charge in [-0.1, -0.05) is 82.3 Å². The summed E-state index contributed by atoms with van der Waals surface area (Å²) in [5, 5.41) is 14.8. The molecule has 1 N–H and O–H groups in total. The Morgan fingerprint density at radius 3 is 2.12 bits per heavy atom. The van der Waals surface area contributed by atoms with Gasteiger partial charge in [0, 0.05) is 32.3 Å². The van der Waals surface area contributed by atoms with E-state index in [0.717, 1.165) is 5.56 Å². The van der Waals surface area contributed by atoms with Crippen LogP contribution in [0.4, 0.5) is 0 Å². The lowest BCUT2D eigenvalue weighted by atomic mass is 9.96. The van der Waals surface area contributed by atoms with E-state index in [9.17, 15) is 14.7 Å². The van der Waals surface area contributed by atoms with Crippen molar-refractivity contribution in [3.8, 4) is 0 Å². The number of rotatable bonds is 11. The minimum Gasteiger partial charge on any atom is -0.383 e. The summed E-state index contributed by atoms with van der Waals surface area (Å²) >= 11 is 31.7. The monoisotopic (exact) mass is 802 g/mol. The number of carbonyl (C=O) groups is 2. The Labute approximate surface area is 324 Å². The Balaban J connectivity index is 1.19.